The molecule has 2 atom stereocenters. The number of hydrogen-bond donors (Lipinski definition) is 2. The summed E-state index contributed by atoms with van der Waals surface area (Å²) in [7, 11) is 0. The third kappa shape index (κ3) is 6.27. The highest BCUT2D eigenvalue weighted by atomic mass is 19.4. The second-order valence-electron chi connectivity index (χ2n) is 8.05. The van der Waals surface area contributed by atoms with Gasteiger partial charge >= 0.3 is 48.0 Å². The summed E-state index contributed by atoms with van der Waals surface area (Å²) >= 11 is 0. The normalized spacial score (nSPS) is 16.3. The van der Waals surface area contributed by atoms with Gasteiger partial charge in [0.1, 0.15) is 6.54 Å². The lowest BCUT2D eigenvalue weighted by atomic mass is 9.78. The van der Waals surface area contributed by atoms with E-state index in [-0.39, 0.29) is 6.42 Å². The Kier molecular flexibility index (Phi) is 10.2. The Bertz CT molecular complexity index is 820. The number of hydrogen-bond acceptors (Lipinski definition) is 4. The van der Waals surface area contributed by atoms with Gasteiger partial charge in [0.25, 0.3) is 0 Å². The average molecular weight is 559 g/mol. The number of ether oxygens (including phenoxy) is 1. The number of aliphatic carboxylic acids is 1. The largest absolute Gasteiger partial charge is 0.480 e. The van der Waals surface area contributed by atoms with Crippen LogP contribution in [-0.4, -0.2) is 72.1 Å². The maximum absolute atomic E-state index is 13.8. The minimum Gasteiger partial charge on any atom is -0.480 e. The standard InChI is InChI=1S/C18H21F12NO5/c1-4-13(3,12(35)31-6-9(32)33)5-8(2)10(34)36-7-14(21,22)16(25,26)18(29,30)17(27,28)15(23,24)11(19)20/h8,11H,4-7H2,1-3H3,(H,31,35)(H,32,33). The summed E-state index contributed by atoms with van der Waals surface area (Å²) in [5.41, 5.74) is -1.56. The van der Waals surface area contributed by atoms with Crippen LogP contribution in [-0.2, 0) is 19.1 Å². The van der Waals surface area contributed by atoms with E-state index < -0.39 is 84.8 Å². The van der Waals surface area contributed by atoms with Gasteiger partial charge < -0.3 is 15.2 Å². The lowest BCUT2D eigenvalue weighted by Crippen LogP contribution is -2.69. The molecule has 0 aliphatic rings. The number of alkyl halides is 12. The van der Waals surface area contributed by atoms with Crippen LogP contribution in [0.15, 0.2) is 0 Å². The predicted octanol–water partition coefficient (Wildman–Crippen LogP) is 4.61. The Morgan fingerprint density at radius 2 is 1.36 bits per heavy atom. The van der Waals surface area contributed by atoms with E-state index in [0.29, 0.717) is 0 Å². The Balaban J connectivity index is 5.65. The molecule has 0 radical (unpaired) electrons. The van der Waals surface area contributed by atoms with Crippen LogP contribution in [0.4, 0.5) is 52.7 Å². The number of carboxylic acids is 1. The number of halogens is 12. The number of esters is 1. The van der Waals surface area contributed by atoms with Crippen LogP contribution in [0.3, 0.4) is 0 Å². The first-order chi connectivity index (χ1) is 15.9. The van der Waals surface area contributed by atoms with Gasteiger partial charge in [-0.3, -0.25) is 14.4 Å². The van der Waals surface area contributed by atoms with E-state index >= 15 is 0 Å². The first-order valence-electron chi connectivity index (χ1n) is 9.69. The monoisotopic (exact) mass is 559 g/mol. The fraction of sp³-hybridized carbons (Fsp3) is 0.833. The maximum atomic E-state index is 13.8. The zero-order valence-electron chi connectivity index (χ0n) is 18.6. The van der Waals surface area contributed by atoms with Crippen molar-refractivity contribution in [2.45, 2.75) is 69.7 Å². The highest BCUT2D eigenvalue weighted by Crippen LogP contribution is 2.58. The average Bonchev–Trinajstić information content (AvgIpc) is 2.74. The molecule has 0 spiro atoms. The molecule has 0 heterocycles. The first-order valence-corrected chi connectivity index (χ1v) is 9.69. The molecule has 0 rings (SSSR count). The number of carbonyl (C=O) groups is 3. The smallest absolute Gasteiger partial charge is 0.384 e. The summed E-state index contributed by atoms with van der Waals surface area (Å²) in [6.07, 6.45) is -6.32. The van der Waals surface area contributed by atoms with Crippen molar-refractivity contribution in [1.82, 2.24) is 5.32 Å². The quantitative estimate of drug-likeness (QED) is 0.240. The van der Waals surface area contributed by atoms with Crippen molar-refractivity contribution in [3.05, 3.63) is 0 Å². The molecule has 0 aromatic carbocycles. The third-order valence-electron chi connectivity index (χ3n) is 5.22. The minimum atomic E-state index is -7.75. The second kappa shape index (κ2) is 10.9. The van der Waals surface area contributed by atoms with E-state index in [1.807, 2.05) is 5.32 Å². The lowest BCUT2D eigenvalue weighted by Gasteiger charge is -2.39. The number of amides is 1. The Hall–Kier alpha value is -2.43. The van der Waals surface area contributed by atoms with Crippen LogP contribution in [0.25, 0.3) is 0 Å². The summed E-state index contributed by atoms with van der Waals surface area (Å²) in [5, 5.41) is 10.5. The van der Waals surface area contributed by atoms with Crippen LogP contribution >= 0.6 is 0 Å². The van der Waals surface area contributed by atoms with E-state index in [1.54, 1.807) is 0 Å². The van der Waals surface area contributed by atoms with Gasteiger partial charge in [-0.05, 0) is 12.8 Å². The van der Waals surface area contributed by atoms with Crippen LogP contribution < -0.4 is 5.32 Å². The Labute approximate surface area is 195 Å². The summed E-state index contributed by atoms with van der Waals surface area (Å²) in [5.74, 6) is -42.3. The SMILES string of the molecule is CCC(C)(CC(C)C(=O)OCC(F)(F)C(F)(F)C(F)(F)C(F)(F)C(F)(F)C(F)F)C(=O)NCC(=O)O. The minimum absolute atomic E-state index is 0.0933. The van der Waals surface area contributed by atoms with Gasteiger partial charge in [0.05, 0.1) is 5.92 Å². The highest BCUT2D eigenvalue weighted by molar-refractivity contribution is 5.86. The molecule has 0 aliphatic heterocycles. The molecule has 212 valence electrons. The van der Waals surface area contributed by atoms with Gasteiger partial charge in [0.15, 0.2) is 6.61 Å². The molecule has 2 N–H and O–H groups in total. The van der Waals surface area contributed by atoms with Crippen molar-refractivity contribution in [1.29, 1.82) is 0 Å². The fourth-order valence-corrected chi connectivity index (χ4v) is 2.69. The van der Waals surface area contributed by atoms with Crippen LogP contribution in [0.2, 0.25) is 0 Å². The van der Waals surface area contributed by atoms with Gasteiger partial charge in [-0.1, -0.05) is 20.8 Å². The first kappa shape index (κ1) is 33.6. The Morgan fingerprint density at radius 1 is 0.889 bits per heavy atom. The molecular formula is C18H21F12NO5. The fourth-order valence-electron chi connectivity index (χ4n) is 2.69. The van der Waals surface area contributed by atoms with E-state index in [0.717, 1.165) is 6.92 Å². The molecule has 1 amide bonds. The van der Waals surface area contributed by atoms with Gasteiger partial charge in [-0.2, -0.15) is 43.9 Å². The van der Waals surface area contributed by atoms with E-state index in [9.17, 15) is 67.1 Å². The number of nitrogens with one attached hydrogen (secondary N) is 1. The Morgan fingerprint density at radius 3 is 1.75 bits per heavy atom. The highest BCUT2D eigenvalue weighted by Gasteiger charge is 2.87. The maximum Gasteiger partial charge on any atom is 0.384 e. The molecule has 0 bridgehead atoms. The van der Waals surface area contributed by atoms with Crippen LogP contribution in [0, 0.1) is 11.3 Å². The van der Waals surface area contributed by atoms with E-state index in [1.165, 1.54) is 13.8 Å². The van der Waals surface area contributed by atoms with Crippen LogP contribution in [0.5, 0.6) is 0 Å². The van der Waals surface area contributed by atoms with Gasteiger partial charge in [0.2, 0.25) is 5.91 Å². The molecule has 0 aromatic rings. The zero-order chi connectivity index (χ0) is 29.1. The lowest BCUT2D eigenvalue weighted by molar-refractivity contribution is -0.414. The molecule has 36 heavy (non-hydrogen) atoms. The van der Waals surface area contributed by atoms with Crippen molar-refractivity contribution < 1.29 is 76.9 Å². The molecule has 0 aromatic heterocycles. The summed E-state index contributed by atoms with van der Waals surface area (Å²) in [6.45, 7) is -0.447. The third-order valence-corrected chi connectivity index (χ3v) is 5.22. The summed E-state index contributed by atoms with van der Waals surface area (Å²) < 4.78 is 162. The van der Waals surface area contributed by atoms with Crippen molar-refractivity contribution in [3.8, 4) is 0 Å². The summed E-state index contributed by atoms with van der Waals surface area (Å²) in [4.78, 5) is 34.6. The summed E-state index contributed by atoms with van der Waals surface area (Å²) in [6, 6.07) is 0. The molecule has 0 aliphatic carbocycles. The topological polar surface area (TPSA) is 92.7 Å². The second-order valence-corrected chi connectivity index (χ2v) is 8.05. The molecule has 6 nitrogen and oxygen atoms in total. The number of carbonyl (C=O) groups excluding carboxylic acids is 2. The number of rotatable bonds is 14. The molecule has 2 unspecified atom stereocenters. The molecule has 18 heteroatoms. The van der Waals surface area contributed by atoms with Crippen molar-refractivity contribution >= 4 is 17.8 Å². The van der Waals surface area contributed by atoms with Gasteiger partial charge in [-0.15, -0.1) is 0 Å². The van der Waals surface area contributed by atoms with Crippen molar-refractivity contribution in [2.75, 3.05) is 13.2 Å². The van der Waals surface area contributed by atoms with Crippen molar-refractivity contribution in [2.24, 2.45) is 11.3 Å². The van der Waals surface area contributed by atoms with Crippen molar-refractivity contribution in [3.63, 3.8) is 0 Å². The van der Waals surface area contributed by atoms with E-state index in [4.69, 9.17) is 5.11 Å². The molecular weight excluding hydrogens is 538 g/mol. The molecule has 0 saturated carbocycles. The number of carboxylic acid groups (broad SMARTS) is 1. The van der Waals surface area contributed by atoms with E-state index in [2.05, 4.69) is 4.74 Å². The zero-order valence-corrected chi connectivity index (χ0v) is 18.6. The molecule has 0 saturated heterocycles. The van der Waals surface area contributed by atoms with Crippen LogP contribution in [0.1, 0.15) is 33.6 Å². The van der Waals surface area contributed by atoms with Gasteiger partial charge in [0, 0.05) is 5.41 Å². The molecule has 0 fully saturated rings. The van der Waals surface area contributed by atoms with Gasteiger partial charge in [-0.25, -0.2) is 8.78 Å². The predicted molar refractivity (Wildman–Crippen MR) is 94.5 cm³/mol.